The van der Waals surface area contributed by atoms with E-state index in [4.69, 9.17) is 0 Å². The minimum atomic E-state index is -0.671. The number of aromatic nitrogens is 2. The van der Waals surface area contributed by atoms with Crippen LogP contribution < -0.4 is 11.1 Å². The van der Waals surface area contributed by atoms with Crippen LogP contribution in [0, 0.1) is 5.82 Å². The van der Waals surface area contributed by atoms with Crippen LogP contribution in [0.4, 0.5) is 4.39 Å². The topological polar surface area (TPSA) is 58.1 Å². The second kappa shape index (κ2) is 7.97. The Morgan fingerprint density at radius 3 is 2.26 bits per heavy atom. The Kier molecular flexibility index (Phi) is 5.43. The largest absolute Gasteiger partial charge is 0.317 e. The number of likely N-dealkylation sites (tertiary alicyclic amines) is 1. The monoisotopic (exact) mass is 373 g/mol. The molecular formula is C21H28FN3O2. The molecule has 2 fully saturated rings. The molecule has 0 unspecified atom stereocenters. The van der Waals surface area contributed by atoms with E-state index in [9.17, 15) is 14.0 Å². The van der Waals surface area contributed by atoms with Gasteiger partial charge >= 0.3 is 11.1 Å². The zero-order valence-corrected chi connectivity index (χ0v) is 15.8. The summed E-state index contributed by atoms with van der Waals surface area (Å²) in [6, 6.07) is 5.07. The minimum Gasteiger partial charge on any atom is -0.316 e. The third kappa shape index (κ3) is 3.72. The molecular weight excluding hydrogens is 345 g/mol. The van der Waals surface area contributed by atoms with Gasteiger partial charge in [0.2, 0.25) is 0 Å². The number of rotatable bonds is 2. The van der Waals surface area contributed by atoms with Crippen LogP contribution in [0.3, 0.4) is 0 Å². The van der Waals surface area contributed by atoms with Crippen LogP contribution in [-0.4, -0.2) is 33.6 Å². The van der Waals surface area contributed by atoms with E-state index in [2.05, 4.69) is 9.88 Å². The summed E-state index contributed by atoms with van der Waals surface area (Å²) >= 11 is 0. The quantitative estimate of drug-likeness (QED) is 0.819. The third-order valence-corrected chi connectivity index (χ3v) is 6.34. The molecule has 1 saturated heterocycles. The fourth-order valence-corrected chi connectivity index (χ4v) is 4.91. The molecule has 0 spiro atoms. The number of benzene rings is 1. The van der Waals surface area contributed by atoms with Gasteiger partial charge in [0.1, 0.15) is 11.3 Å². The number of halogens is 1. The van der Waals surface area contributed by atoms with Crippen molar-refractivity contribution < 1.29 is 4.39 Å². The summed E-state index contributed by atoms with van der Waals surface area (Å²) < 4.78 is 15.9. The number of nitrogens with one attached hydrogen (secondary N) is 1. The van der Waals surface area contributed by atoms with Crippen LogP contribution in [0.1, 0.15) is 63.8 Å². The maximum atomic E-state index is 14.5. The van der Waals surface area contributed by atoms with Crippen molar-refractivity contribution in [2.75, 3.05) is 13.1 Å². The third-order valence-electron chi connectivity index (χ3n) is 6.34. The van der Waals surface area contributed by atoms with E-state index in [1.807, 2.05) is 0 Å². The van der Waals surface area contributed by atoms with Crippen molar-refractivity contribution in [1.82, 2.24) is 14.5 Å². The highest BCUT2D eigenvalue weighted by Crippen LogP contribution is 2.29. The summed E-state index contributed by atoms with van der Waals surface area (Å²) in [6.07, 6.45) is 10.7. The lowest BCUT2D eigenvalue weighted by Gasteiger charge is -2.39. The smallest absolute Gasteiger partial charge is 0.316 e. The predicted molar refractivity (Wildman–Crippen MR) is 105 cm³/mol. The van der Waals surface area contributed by atoms with E-state index in [0.29, 0.717) is 11.6 Å². The van der Waals surface area contributed by atoms with Gasteiger partial charge in [-0.3, -0.25) is 14.2 Å². The van der Waals surface area contributed by atoms with Crippen LogP contribution in [0.25, 0.3) is 11.0 Å². The molecule has 6 heteroatoms. The van der Waals surface area contributed by atoms with E-state index >= 15 is 0 Å². The van der Waals surface area contributed by atoms with E-state index < -0.39 is 16.9 Å². The highest BCUT2D eigenvalue weighted by molar-refractivity contribution is 5.75. The summed E-state index contributed by atoms with van der Waals surface area (Å²) in [6.45, 7) is 1.81. The number of fused-ring (bicyclic) bond motifs is 1. The van der Waals surface area contributed by atoms with Gasteiger partial charge in [-0.15, -0.1) is 0 Å². The summed E-state index contributed by atoms with van der Waals surface area (Å²) in [5.41, 5.74) is -0.693. The van der Waals surface area contributed by atoms with Crippen LogP contribution in [0.5, 0.6) is 0 Å². The molecule has 1 aliphatic heterocycles. The molecule has 146 valence electrons. The van der Waals surface area contributed by atoms with Gasteiger partial charge in [-0.2, -0.15) is 0 Å². The van der Waals surface area contributed by atoms with Crippen molar-refractivity contribution in [3.05, 3.63) is 44.7 Å². The van der Waals surface area contributed by atoms with Crippen LogP contribution in [0.15, 0.2) is 27.8 Å². The zero-order valence-electron chi connectivity index (χ0n) is 15.8. The fourth-order valence-electron chi connectivity index (χ4n) is 4.91. The lowest BCUT2D eigenvalue weighted by Crippen LogP contribution is -2.45. The van der Waals surface area contributed by atoms with Gasteiger partial charge in [0.15, 0.2) is 0 Å². The van der Waals surface area contributed by atoms with Crippen molar-refractivity contribution in [2.24, 2.45) is 0 Å². The lowest BCUT2D eigenvalue weighted by molar-refractivity contribution is 0.115. The molecule has 0 radical (unpaired) electrons. The average molecular weight is 373 g/mol. The standard InChI is InChI=1S/C21H28FN3O2/c22-17-9-6-10-18-19(17)25(21(27)20(26)23-18)16-11-13-24(14-12-16)15-7-4-2-1-3-5-8-15/h6,9-10,15-16H,1-5,7-8,11-14H2,(H,23,26). The van der Waals surface area contributed by atoms with Gasteiger partial charge < -0.3 is 9.88 Å². The van der Waals surface area contributed by atoms with Gasteiger partial charge in [-0.05, 0) is 37.8 Å². The first-order valence-electron chi connectivity index (χ1n) is 10.3. The van der Waals surface area contributed by atoms with Crippen molar-refractivity contribution in [3.8, 4) is 0 Å². The summed E-state index contributed by atoms with van der Waals surface area (Å²) in [7, 11) is 0. The summed E-state index contributed by atoms with van der Waals surface area (Å²) in [5, 5.41) is 0. The second-order valence-electron chi connectivity index (χ2n) is 8.03. The molecule has 27 heavy (non-hydrogen) atoms. The molecule has 1 aromatic heterocycles. The van der Waals surface area contributed by atoms with Crippen LogP contribution in [-0.2, 0) is 0 Å². The normalized spacial score (nSPS) is 21.2. The Balaban J connectivity index is 1.57. The van der Waals surface area contributed by atoms with Crippen molar-refractivity contribution >= 4 is 11.0 Å². The molecule has 5 nitrogen and oxygen atoms in total. The maximum absolute atomic E-state index is 14.5. The Hall–Kier alpha value is -1.95. The zero-order chi connectivity index (χ0) is 18.8. The van der Waals surface area contributed by atoms with Gasteiger partial charge in [-0.1, -0.05) is 38.2 Å². The maximum Gasteiger partial charge on any atom is 0.317 e. The summed E-state index contributed by atoms with van der Waals surface area (Å²) in [5.74, 6) is -0.455. The molecule has 2 aliphatic rings. The number of hydrogen-bond donors (Lipinski definition) is 1. The highest BCUT2D eigenvalue weighted by atomic mass is 19.1. The molecule has 2 aromatic rings. The Morgan fingerprint density at radius 1 is 0.889 bits per heavy atom. The number of para-hydroxylation sites is 1. The van der Waals surface area contributed by atoms with E-state index in [0.717, 1.165) is 25.9 Å². The van der Waals surface area contributed by atoms with Crippen LogP contribution >= 0.6 is 0 Å². The first-order valence-corrected chi connectivity index (χ1v) is 10.3. The van der Waals surface area contributed by atoms with E-state index in [-0.39, 0.29) is 11.6 Å². The second-order valence-corrected chi connectivity index (χ2v) is 8.03. The predicted octanol–water partition coefficient (Wildman–Crippen LogP) is 3.58. The molecule has 0 amide bonds. The van der Waals surface area contributed by atoms with Gasteiger partial charge in [0, 0.05) is 25.2 Å². The number of H-pyrrole nitrogens is 1. The average Bonchev–Trinajstić information content (AvgIpc) is 2.64. The van der Waals surface area contributed by atoms with Gasteiger partial charge in [0.25, 0.3) is 0 Å². The molecule has 1 aromatic carbocycles. The molecule has 1 saturated carbocycles. The molecule has 0 atom stereocenters. The first-order chi connectivity index (χ1) is 13.1. The van der Waals surface area contributed by atoms with E-state index in [1.54, 1.807) is 12.1 Å². The fraction of sp³-hybridized carbons (Fsp3) is 0.619. The molecule has 1 N–H and O–H groups in total. The Morgan fingerprint density at radius 2 is 1.56 bits per heavy atom. The molecule has 0 bridgehead atoms. The van der Waals surface area contributed by atoms with Gasteiger partial charge in [-0.25, -0.2) is 4.39 Å². The Labute approximate surface area is 158 Å². The molecule has 4 rings (SSSR count). The van der Waals surface area contributed by atoms with Crippen molar-refractivity contribution in [2.45, 2.75) is 69.9 Å². The summed E-state index contributed by atoms with van der Waals surface area (Å²) in [4.78, 5) is 29.7. The first kappa shape index (κ1) is 18.4. The van der Waals surface area contributed by atoms with Crippen LogP contribution in [0.2, 0.25) is 0 Å². The number of nitrogens with zero attached hydrogens (tertiary/aromatic N) is 2. The number of piperidine rings is 1. The highest BCUT2D eigenvalue weighted by Gasteiger charge is 2.28. The Bertz CT molecular complexity index is 904. The number of aromatic amines is 1. The molecule has 1 aliphatic carbocycles. The van der Waals surface area contributed by atoms with Crippen molar-refractivity contribution in [1.29, 1.82) is 0 Å². The number of hydrogen-bond acceptors (Lipinski definition) is 3. The SMILES string of the molecule is O=c1[nH]c2cccc(F)c2n(C2CCN(C3CCCCCCC3)CC2)c1=O. The molecule has 2 heterocycles. The lowest BCUT2D eigenvalue weighted by atomic mass is 9.93. The van der Waals surface area contributed by atoms with Gasteiger partial charge in [0.05, 0.1) is 5.52 Å². The minimum absolute atomic E-state index is 0.121. The van der Waals surface area contributed by atoms with E-state index in [1.165, 1.54) is 55.6 Å². The van der Waals surface area contributed by atoms with Crippen molar-refractivity contribution in [3.63, 3.8) is 0 Å².